The molecule has 0 atom stereocenters. The molecule has 1 aliphatic rings. The molecule has 1 saturated heterocycles. The summed E-state index contributed by atoms with van der Waals surface area (Å²) >= 11 is 1.55. The van der Waals surface area contributed by atoms with E-state index in [1.165, 1.54) is 24.8 Å². The summed E-state index contributed by atoms with van der Waals surface area (Å²) in [6.45, 7) is 8.18. The molecule has 2 aromatic rings. The second-order valence-corrected chi connectivity index (χ2v) is 8.84. The molecule has 1 aliphatic heterocycles. The topological polar surface area (TPSA) is 76.8 Å². The van der Waals surface area contributed by atoms with Crippen LogP contribution in [0, 0.1) is 18.4 Å². The first kappa shape index (κ1) is 24.1. The molecular formula is C24H34N6OS. The van der Waals surface area contributed by atoms with Crippen LogP contribution in [0.4, 0.5) is 5.69 Å². The van der Waals surface area contributed by atoms with Gasteiger partial charge in [-0.15, -0.1) is 4.99 Å². The molecule has 0 spiro atoms. The van der Waals surface area contributed by atoms with Crippen molar-refractivity contribution < 1.29 is 4.74 Å². The number of amidine groups is 1. The van der Waals surface area contributed by atoms with E-state index < -0.39 is 0 Å². The van der Waals surface area contributed by atoms with Gasteiger partial charge >= 0.3 is 0 Å². The number of nitrogens with one attached hydrogen (secondary N) is 1. The average molecular weight is 455 g/mol. The highest BCUT2D eigenvalue weighted by molar-refractivity contribution is 8.13. The van der Waals surface area contributed by atoms with Gasteiger partial charge in [0.25, 0.3) is 0 Å². The quantitative estimate of drug-likeness (QED) is 0.261. The Morgan fingerprint density at radius 3 is 2.72 bits per heavy atom. The van der Waals surface area contributed by atoms with E-state index in [2.05, 4.69) is 38.1 Å². The Labute approximate surface area is 195 Å². The third-order valence-electron chi connectivity index (χ3n) is 5.96. The monoisotopic (exact) mass is 454 g/mol. The minimum Gasteiger partial charge on any atom is -0.497 e. The molecule has 8 heteroatoms. The number of aliphatic imine (C=N–C) groups is 1. The third kappa shape index (κ3) is 6.50. The van der Waals surface area contributed by atoms with Crippen molar-refractivity contribution in [3.05, 3.63) is 30.0 Å². The van der Waals surface area contributed by atoms with E-state index in [1.54, 1.807) is 18.9 Å². The third-order valence-corrected chi connectivity index (χ3v) is 6.67. The number of thioether (sulfide) groups is 1. The molecule has 172 valence electrons. The Kier molecular flexibility index (Phi) is 9.44. The lowest BCUT2D eigenvalue weighted by atomic mass is 10.1. The van der Waals surface area contributed by atoms with Gasteiger partial charge in [-0.2, -0.15) is 5.26 Å². The molecular weight excluding hydrogens is 420 g/mol. The van der Waals surface area contributed by atoms with E-state index in [9.17, 15) is 0 Å². The lowest BCUT2D eigenvalue weighted by Gasteiger charge is -2.35. The number of pyridine rings is 1. The maximum Gasteiger partial charge on any atom is 0.208 e. The molecule has 3 rings (SSSR count). The maximum atomic E-state index is 8.80. The number of piperazine rings is 1. The fraction of sp³-hybridized carbons (Fsp3) is 0.542. The summed E-state index contributed by atoms with van der Waals surface area (Å²) in [5.41, 5.74) is 3.26. The van der Waals surface area contributed by atoms with Crippen molar-refractivity contribution in [3.8, 4) is 11.9 Å². The number of unbranched alkanes of at least 4 members (excludes halogenated alkanes) is 3. The van der Waals surface area contributed by atoms with Gasteiger partial charge in [-0.25, -0.2) is 0 Å². The van der Waals surface area contributed by atoms with Crippen molar-refractivity contribution >= 4 is 33.5 Å². The number of nitrogens with zero attached hydrogens (tertiary/aromatic N) is 5. The number of aromatic nitrogens is 1. The molecule has 0 bridgehead atoms. The maximum absolute atomic E-state index is 8.80. The van der Waals surface area contributed by atoms with Crippen LogP contribution >= 0.6 is 11.8 Å². The van der Waals surface area contributed by atoms with Crippen molar-refractivity contribution in [2.24, 2.45) is 4.99 Å². The lowest BCUT2D eigenvalue weighted by Crippen LogP contribution is -2.48. The van der Waals surface area contributed by atoms with E-state index in [1.807, 2.05) is 30.8 Å². The van der Waals surface area contributed by atoms with Crippen LogP contribution in [0.3, 0.4) is 0 Å². The minimum absolute atomic E-state index is 0.842. The number of methoxy groups -OCH3 is 1. The number of hydrogen-bond acceptors (Lipinski definition) is 7. The number of nitriles is 1. The SMILES string of the molecule is COc1cc(NCCCCCCN2CCN(/C(=N/C#N)SC)CC2)c2nccc(C)c2c1. The predicted molar refractivity (Wildman–Crippen MR) is 135 cm³/mol. The number of anilines is 1. The largest absolute Gasteiger partial charge is 0.497 e. The number of aryl methyl sites for hydroxylation is 1. The van der Waals surface area contributed by atoms with Gasteiger partial charge in [-0.05, 0) is 50.3 Å². The summed E-state index contributed by atoms with van der Waals surface area (Å²) in [4.78, 5) is 13.2. The summed E-state index contributed by atoms with van der Waals surface area (Å²) in [7, 11) is 1.71. The molecule has 1 aromatic heterocycles. The van der Waals surface area contributed by atoms with Gasteiger partial charge in [-0.3, -0.25) is 9.88 Å². The standard InChI is InChI=1S/C24H34N6OS/c1-19-8-10-27-23-21(19)16-20(31-2)17-22(23)26-9-6-4-5-7-11-29-12-14-30(15-13-29)24(32-3)28-18-25/h8,10,16-17,26H,4-7,9,11-15H2,1-3H3/b28-24-. The van der Waals surface area contributed by atoms with Gasteiger partial charge in [0.15, 0.2) is 5.17 Å². The van der Waals surface area contributed by atoms with Crippen LogP contribution in [0.15, 0.2) is 29.4 Å². The first-order chi connectivity index (χ1) is 15.7. The Balaban J connectivity index is 1.35. The van der Waals surface area contributed by atoms with Gasteiger partial charge in [-0.1, -0.05) is 24.6 Å². The van der Waals surface area contributed by atoms with Crippen LogP contribution in [0.1, 0.15) is 31.2 Å². The second kappa shape index (κ2) is 12.5. The van der Waals surface area contributed by atoms with Crippen LogP contribution in [0.25, 0.3) is 10.9 Å². The van der Waals surface area contributed by atoms with Crippen molar-refractivity contribution in [1.29, 1.82) is 5.26 Å². The fourth-order valence-corrected chi connectivity index (χ4v) is 4.67. The molecule has 7 nitrogen and oxygen atoms in total. The molecule has 1 fully saturated rings. The van der Waals surface area contributed by atoms with Crippen molar-refractivity contribution in [1.82, 2.24) is 14.8 Å². The highest BCUT2D eigenvalue weighted by Crippen LogP contribution is 2.29. The van der Waals surface area contributed by atoms with Crippen LogP contribution in [-0.4, -0.2) is 72.6 Å². The highest BCUT2D eigenvalue weighted by atomic mass is 32.2. The highest BCUT2D eigenvalue weighted by Gasteiger charge is 2.19. The van der Waals surface area contributed by atoms with Crippen molar-refractivity contribution in [3.63, 3.8) is 0 Å². The van der Waals surface area contributed by atoms with Gasteiger partial charge in [0, 0.05) is 50.4 Å². The number of ether oxygens (including phenoxy) is 1. The van der Waals surface area contributed by atoms with E-state index in [4.69, 9.17) is 10.00 Å². The summed E-state index contributed by atoms with van der Waals surface area (Å²) in [6, 6.07) is 6.13. The van der Waals surface area contributed by atoms with Crippen molar-refractivity contribution in [2.75, 3.05) is 58.0 Å². The van der Waals surface area contributed by atoms with Crippen LogP contribution in [-0.2, 0) is 0 Å². The number of benzene rings is 1. The zero-order valence-corrected chi connectivity index (χ0v) is 20.2. The predicted octanol–water partition coefficient (Wildman–Crippen LogP) is 4.34. The summed E-state index contributed by atoms with van der Waals surface area (Å²) < 4.78 is 5.48. The Bertz CT molecular complexity index is 949. The average Bonchev–Trinajstić information content (AvgIpc) is 2.82. The first-order valence-electron chi connectivity index (χ1n) is 11.3. The first-order valence-corrected chi connectivity index (χ1v) is 12.5. The molecule has 2 heterocycles. The normalized spacial score (nSPS) is 15.1. The van der Waals surface area contributed by atoms with Gasteiger partial charge in [0.05, 0.1) is 18.3 Å². The van der Waals surface area contributed by atoms with E-state index in [0.717, 1.165) is 73.2 Å². The molecule has 0 aliphatic carbocycles. The van der Waals surface area contributed by atoms with Crippen molar-refractivity contribution in [2.45, 2.75) is 32.6 Å². The molecule has 1 N–H and O–H groups in total. The van der Waals surface area contributed by atoms with Crippen LogP contribution in [0.2, 0.25) is 0 Å². The summed E-state index contributed by atoms with van der Waals surface area (Å²) in [5, 5.41) is 14.3. The molecule has 0 saturated carbocycles. The van der Waals surface area contributed by atoms with Crippen LogP contribution in [0.5, 0.6) is 5.75 Å². The fourth-order valence-electron chi connectivity index (χ4n) is 4.10. The Morgan fingerprint density at radius 2 is 2.00 bits per heavy atom. The van der Waals surface area contributed by atoms with Crippen LogP contribution < -0.4 is 10.1 Å². The van der Waals surface area contributed by atoms with E-state index >= 15 is 0 Å². The summed E-state index contributed by atoms with van der Waals surface area (Å²) in [5.74, 6) is 0.861. The lowest BCUT2D eigenvalue weighted by molar-refractivity contribution is 0.181. The minimum atomic E-state index is 0.842. The zero-order chi connectivity index (χ0) is 22.8. The molecule has 0 unspecified atom stereocenters. The van der Waals surface area contributed by atoms with E-state index in [0.29, 0.717) is 0 Å². The molecule has 0 radical (unpaired) electrons. The Hall–Kier alpha value is -2.50. The van der Waals surface area contributed by atoms with E-state index in [-0.39, 0.29) is 0 Å². The number of hydrogen-bond donors (Lipinski definition) is 1. The van der Waals surface area contributed by atoms with Gasteiger partial charge in [0.1, 0.15) is 5.75 Å². The smallest absolute Gasteiger partial charge is 0.208 e. The molecule has 0 amide bonds. The Morgan fingerprint density at radius 1 is 1.22 bits per heavy atom. The zero-order valence-electron chi connectivity index (χ0n) is 19.4. The second-order valence-electron chi connectivity index (χ2n) is 8.07. The summed E-state index contributed by atoms with van der Waals surface area (Å²) in [6.07, 6.45) is 10.6. The van der Waals surface area contributed by atoms with Gasteiger partial charge < -0.3 is 15.0 Å². The molecule has 1 aromatic carbocycles. The molecule has 32 heavy (non-hydrogen) atoms. The number of fused-ring (bicyclic) bond motifs is 1. The van der Waals surface area contributed by atoms with Gasteiger partial charge in [0.2, 0.25) is 6.19 Å². The number of rotatable bonds is 9.